The van der Waals surface area contributed by atoms with Crippen LogP contribution in [0.15, 0.2) is 12.3 Å². The number of methoxy groups -OCH3 is 2. The minimum atomic E-state index is 0.656. The van der Waals surface area contributed by atoms with E-state index in [9.17, 15) is 0 Å². The largest absolute Gasteiger partial charge is 0.383 e. The third kappa shape index (κ3) is 5.43. The van der Waals surface area contributed by atoms with Crippen molar-refractivity contribution in [1.29, 1.82) is 0 Å². The number of anilines is 1. The van der Waals surface area contributed by atoms with Crippen molar-refractivity contribution in [2.45, 2.75) is 25.4 Å². The van der Waals surface area contributed by atoms with Gasteiger partial charge in [0.05, 0.1) is 18.2 Å². The van der Waals surface area contributed by atoms with E-state index in [4.69, 9.17) is 21.1 Å². The number of pyridine rings is 1. The van der Waals surface area contributed by atoms with E-state index in [0.717, 1.165) is 31.0 Å². The summed E-state index contributed by atoms with van der Waals surface area (Å²) in [6.45, 7) is 3.67. The van der Waals surface area contributed by atoms with Crippen LogP contribution in [0.1, 0.15) is 18.4 Å². The summed E-state index contributed by atoms with van der Waals surface area (Å²) in [6, 6.07) is 2.72. The van der Waals surface area contributed by atoms with Gasteiger partial charge >= 0.3 is 0 Å². The molecule has 0 atom stereocenters. The maximum atomic E-state index is 6.24. The summed E-state index contributed by atoms with van der Waals surface area (Å²) in [5.41, 5.74) is 1.09. The predicted molar refractivity (Wildman–Crippen MR) is 85.1 cm³/mol. The summed E-state index contributed by atoms with van der Waals surface area (Å²) in [5, 5.41) is 4.20. The molecule has 1 fully saturated rings. The number of hydrogen-bond donors (Lipinski definition) is 1. The molecular weight excluding hydrogens is 290 g/mol. The first-order chi connectivity index (χ1) is 10.2. The van der Waals surface area contributed by atoms with Gasteiger partial charge in [0.1, 0.15) is 5.82 Å². The lowest BCUT2D eigenvalue weighted by molar-refractivity contribution is 0.190. The number of nitrogens with one attached hydrogen (secondary N) is 1. The first kappa shape index (κ1) is 16.5. The number of halogens is 1. The van der Waals surface area contributed by atoms with Crippen molar-refractivity contribution in [2.24, 2.45) is 0 Å². The van der Waals surface area contributed by atoms with Crippen LogP contribution < -0.4 is 10.2 Å². The quantitative estimate of drug-likeness (QED) is 0.716. The lowest BCUT2D eigenvalue weighted by atomic mass is 10.2. The number of ether oxygens (including phenoxy) is 2. The zero-order valence-corrected chi connectivity index (χ0v) is 13.5. The maximum absolute atomic E-state index is 6.24. The van der Waals surface area contributed by atoms with Crippen LogP contribution in [0.5, 0.6) is 0 Å². The zero-order valence-electron chi connectivity index (χ0n) is 12.8. The lowest BCUT2D eigenvalue weighted by Crippen LogP contribution is -2.31. The van der Waals surface area contributed by atoms with Gasteiger partial charge in [-0.1, -0.05) is 11.6 Å². The molecule has 0 spiro atoms. The van der Waals surface area contributed by atoms with E-state index in [1.807, 2.05) is 0 Å². The van der Waals surface area contributed by atoms with Crippen LogP contribution in [0.4, 0.5) is 5.82 Å². The molecule has 0 saturated heterocycles. The fourth-order valence-electron chi connectivity index (χ4n) is 2.06. The molecule has 118 valence electrons. The summed E-state index contributed by atoms with van der Waals surface area (Å²) >= 11 is 6.24. The van der Waals surface area contributed by atoms with Crippen molar-refractivity contribution in [2.75, 3.05) is 45.4 Å². The van der Waals surface area contributed by atoms with Gasteiger partial charge in [0.25, 0.3) is 0 Å². The second-order valence-electron chi connectivity index (χ2n) is 5.26. The van der Waals surface area contributed by atoms with Gasteiger partial charge in [-0.2, -0.15) is 0 Å². The molecule has 1 saturated carbocycles. The van der Waals surface area contributed by atoms with Gasteiger partial charge in [-0.25, -0.2) is 4.98 Å². The van der Waals surface area contributed by atoms with Gasteiger partial charge in [-0.15, -0.1) is 0 Å². The Hall–Kier alpha value is -0.880. The number of aromatic nitrogens is 1. The van der Waals surface area contributed by atoms with Crippen molar-refractivity contribution in [3.63, 3.8) is 0 Å². The number of rotatable bonds is 10. The van der Waals surface area contributed by atoms with Gasteiger partial charge < -0.3 is 19.7 Å². The Morgan fingerprint density at radius 1 is 1.29 bits per heavy atom. The molecule has 1 heterocycles. The molecule has 0 aromatic carbocycles. The predicted octanol–water partition coefficient (Wildman–Crippen LogP) is 2.09. The Morgan fingerprint density at radius 3 is 2.52 bits per heavy atom. The summed E-state index contributed by atoms with van der Waals surface area (Å²) in [5.74, 6) is 0.918. The smallest absolute Gasteiger partial charge is 0.129 e. The minimum absolute atomic E-state index is 0.656. The highest BCUT2D eigenvalue weighted by Crippen LogP contribution is 2.23. The zero-order chi connectivity index (χ0) is 15.1. The van der Waals surface area contributed by atoms with E-state index in [0.29, 0.717) is 24.3 Å². The molecule has 0 radical (unpaired) electrons. The second-order valence-corrected chi connectivity index (χ2v) is 5.67. The molecule has 1 aromatic rings. The SMILES string of the molecule is COCCN(CCOC)c1cc(CNC2CC2)c(Cl)cn1. The fourth-order valence-corrected chi connectivity index (χ4v) is 2.23. The van der Waals surface area contributed by atoms with Crippen molar-refractivity contribution in [1.82, 2.24) is 10.3 Å². The van der Waals surface area contributed by atoms with Gasteiger partial charge in [0.2, 0.25) is 0 Å². The summed E-state index contributed by atoms with van der Waals surface area (Å²) in [7, 11) is 3.41. The van der Waals surface area contributed by atoms with Crippen LogP contribution in [-0.2, 0) is 16.0 Å². The normalized spacial score (nSPS) is 14.4. The first-order valence-corrected chi connectivity index (χ1v) is 7.73. The van der Waals surface area contributed by atoms with E-state index in [1.54, 1.807) is 20.4 Å². The van der Waals surface area contributed by atoms with Crippen LogP contribution in [0.2, 0.25) is 5.02 Å². The van der Waals surface area contributed by atoms with E-state index in [2.05, 4.69) is 21.3 Å². The van der Waals surface area contributed by atoms with Crippen LogP contribution in [-0.4, -0.2) is 51.5 Å². The van der Waals surface area contributed by atoms with Gasteiger partial charge in [-0.05, 0) is 24.5 Å². The van der Waals surface area contributed by atoms with Gasteiger partial charge in [0.15, 0.2) is 0 Å². The summed E-state index contributed by atoms with van der Waals surface area (Å²) in [6.07, 6.45) is 4.26. The molecule has 1 N–H and O–H groups in total. The molecule has 6 heteroatoms. The molecule has 0 unspecified atom stereocenters. The van der Waals surface area contributed by atoms with E-state index in [1.165, 1.54) is 12.8 Å². The van der Waals surface area contributed by atoms with Crippen LogP contribution in [0, 0.1) is 0 Å². The Bertz CT molecular complexity index is 433. The third-order valence-corrected chi connectivity index (χ3v) is 3.87. The molecule has 1 aromatic heterocycles. The highest BCUT2D eigenvalue weighted by molar-refractivity contribution is 6.31. The van der Waals surface area contributed by atoms with Crippen LogP contribution in [0.25, 0.3) is 0 Å². The first-order valence-electron chi connectivity index (χ1n) is 7.35. The van der Waals surface area contributed by atoms with Crippen LogP contribution in [0.3, 0.4) is 0 Å². The van der Waals surface area contributed by atoms with Gasteiger partial charge in [-0.3, -0.25) is 0 Å². The Morgan fingerprint density at radius 2 is 1.95 bits per heavy atom. The van der Waals surface area contributed by atoms with E-state index in [-0.39, 0.29) is 0 Å². The molecule has 2 rings (SSSR count). The number of hydrogen-bond acceptors (Lipinski definition) is 5. The molecule has 0 bridgehead atoms. The molecule has 5 nitrogen and oxygen atoms in total. The Labute approximate surface area is 131 Å². The average molecular weight is 314 g/mol. The molecule has 1 aliphatic rings. The maximum Gasteiger partial charge on any atom is 0.129 e. The highest BCUT2D eigenvalue weighted by Gasteiger charge is 2.20. The summed E-state index contributed by atoms with van der Waals surface area (Å²) < 4.78 is 10.3. The molecule has 21 heavy (non-hydrogen) atoms. The van der Waals surface area contributed by atoms with Crippen molar-refractivity contribution >= 4 is 17.4 Å². The molecule has 0 amide bonds. The second kappa shape index (κ2) is 8.54. The van der Waals surface area contributed by atoms with E-state index < -0.39 is 0 Å². The summed E-state index contributed by atoms with van der Waals surface area (Å²) in [4.78, 5) is 6.60. The topological polar surface area (TPSA) is 46.6 Å². The minimum Gasteiger partial charge on any atom is -0.383 e. The Kier molecular flexibility index (Phi) is 6.70. The molecule has 1 aliphatic carbocycles. The van der Waals surface area contributed by atoms with Crippen molar-refractivity contribution in [3.05, 3.63) is 22.8 Å². The van der Waals surface area contributed by atoms with Crippen molar-refractivity contribution in [3.8, 4) is 0 Å². The standard InChI is InChI=1S/C15H24ClN3O2/c1-20-7-5-19(6-8-21-2)15-9-12(14(16)11-18-15)10-17-13-3-4-13/h9,11,13,17H,3-8,10H2,1-2H3. The van der Waals surface area contributed by atoms with Crippen molar-refractivity contribution < 1.29 is 9.47 Å². The van der Waals surface area contributed by atoms with E-state index >= 15 is 0 Å². The fraction of sp³-hybridized carbons (Fsp3) is 0.667. The third-order valence-electron chi connectivity index (χ3n) is 3.53. The van der Waals surface area contributed by atoms with Gasteiger partial charge in [0, 0.05) is 46.1 Å². The highest BCUT2D eigenvalue weighted by atomic mass is 35.5. The molecule has 0 aliphatic heterocycles. The number of nitrogens with zero attached hydrogens (tertiary/aromatic N) is 2. The average Bonchev–Trinajstić information content (AvgIpc) is 3.31. The molecular formula is C15H24ClN3O2. The Balaban J connectivity index is 2.04. The lowest BCUT2D eigenvalue weighted by Gasteiger charge is -2.23. The monoisotopic (exact) mass is 313 g/mol. The van der Waals surface area contributed by atoms with Crippen LogP contribution >= 0.6 is 11.6 Å².